The molecule has 0 saturated carbocycles. The first kappa shape index (κ1) is 23.3. The maximum Gasteiger partial charge on any atom is 0.259 e. The standard InChI is InChI=1S/C25H31BrN2O3/c1-2-3-4-10-17-31-23-14-13-19(26)18-21(23)24(29)27-22-12-7-6-11-20(22)25(30)28-15-8-5-9-16-28/h6-7,11-14,18H,2-5,8-10,15-17H2,1H3,(H,27,29). The molecule has 31 heavy (non-hydrogen) atoms. The molecule has 3 rings (SSSR count). The minimum atomic E-state index is -0.288. The van der Waals surface area contributed by atoms with Crippen LogP contribution in [0.5, 0.6) is 5.75 Å². The number of carbonyl (C=O) groups excluding carboxylic acids is 2. The Balaban J connectivity index is 1.74. The van der Waals surface area contributed by atoms with Crippen molar-refractivity contribution < 1.29 is 14.3 Å². The molecule has 1 aliphatic rings. The monoisotopic (exact) mass is 486 g/mol. The van der Waals surface area contributed by atoms with Crippen molar-refractivity contribution in [2.24, 2.45) is 0 Å². The second-order valence-electron chi connectivity index (χ2n) is 7.90. The summed E-state index contributed by atoms with van der Waals surface area (Å²) in [5.41, 5.74) is 1.50. The molecule has 2 aromatic carbocycles. The van der Waals surface area contributed by atoms with Crippen LogP contribution < -0.4 is 10.1 Å². The van der Waals surface area contributed by atoms with Crippen LogP contribution in [0.3, 0.4) is 0 Å². The van der Waals surface area contributed by atoms with Crippen molar-refractivity contribution in [3.8, 4) is 5.75 Å². The number of hydrogen-bond acceptors (Lipinski definition) is 3. The number of benzene rings is 2. The SMILES string of the molecule is CCCCCCOc1ccc(Br)cc1C(=O)Nc1ccccc1C(=O)N1CCCCC1. The van der Waals surface area contributed by atoms with Gasteiger partial charge in [0, 0.05) is 17.6 Å². The lowest BCUT2D eigenvalue weighted by Gasteiger charge is -2.27. The molecular formula is C25H31BrN2O3. The molecule has 1 fully saturated rings. The molecule has 1 heterocycles. The highest BCUT2D eigenvalue weighted by atomic mass is 79.9. The topological polar surface area (TPSA) is 58.6 Å². The number of halogens is 1. The largest absolute Gasteiger partial charge is 0.493 e. The van der Waals surface area contributed by atoms with Crippen molar-refractivity contribution in [3.05, 3.63) is 58.1 Å². The van der Waals surface area contributed by atoms with E-state index < -0.39 is 0 Å². The number of ether oxygens (including phenoxy) is 1. The number of unbranched alkanes of at least 4 members (excludes halogenated alkanes) is 3. The van der Waals surface area contributed by atoms with Crippen LogP contribution in [0, 0.1) is 0 Å². The molecule has 0 bridgehead atoms. The highest BCUT2D eigenvalue weighted by Crippen LogP contribution is 2.26. The number of carbonyl (C=O) groups is 2. The molecule has 0 spiro atoms. The number of nitrogens with zero attached hydrogens (tertiary/aromatic N) is 1. The van der Waals surface area contributed by atoms with E-state index in [1.54, 1.807) is 18.2 Å². The number of rotatable bonds is 9. The third kappa shape index (κ3) is 6.57. The summed E-state index contributed by atoms with van der Waals surface area (Å²) < 4.78 is 6.71. The Bertz CT molecular complexity index is 894. The number of nitrogens with one attached hydrogen (secondary N) is 1. The van der Waals surface area contributed by atoms with Crippen molar-refractivity contribution in [1.29, 1.82) is 0 Å². The van der Waals surface area contributed by atoms with E-state index in [4.69, 9.17) is 4.74 Å². The van der Waals surface area contributed by atoms with Crippen LogP contribution in [-0.4, -0.2) is 36.4 Å². The van der Waals surface area contributed by atoms with Gasteiger partial charge in [-0.2, -0.15) is 0 Å². The van der Waals surface area contributed by atoms with Crippen LogP contribution in [-0.2, 0) is 0 Å². The molecule has 5 nitrogen and oxygen atoms in total. The predicted octanol–water partition coefficient (Wildman–Crippen LogP) is 6.29. The number of hydrogen-bond donors (Lipinski definition) is 1. The third-order valence-corrected chi connectivity index (χ3v) is 5.98. The van der Waals surface area contributed by atoms with E-state index in [0.29, 0.717) is 29.2 Å². The van der Waals surface area contributed by atoms with Crippen molar-refractivity contribution in [2.75, 3.05) is 25.0 Å². The molecule has 0 aromatic heterocycles. The third-order valence-electron chi connectivity index (χ3n) is 5.49. The Morgan fingerprint density at radius 2 is 1.77 bits per heavy atom. The smallest absolute Gasteiger partial charge is 0.259 e. The van der Waals surface area contributed by atoms with E-state index in [0.717, 1.165) is 49.7 Å². The van der Waals surface area contributed by atoms with Gasteiger partial charge in [-0.15, -0.1) is 0 Å². The number of piperidine rings is 1. The Kier molecular flexibility index (Phi) is 8.95. The summed E-state index contributed by atoms with van der Waals surface area (Å²) in [5, 5.41) is 2.94. The van der Waals surface area contributed by atoms with Crippen LogP contribution in [0.4, 0.5) is 5.69 Å². The summed E-state index contributed by atoms with van der Waals surface area (Å²) in [6.45, 7) is 4.28. The maximum absolute atomic E-state index is 13.1. The molecule has 1 N–H and O–H groups in total. The lowest BCUT2D eigenvalue weighted by Crippen LogP contribution is -2.36. The van der Waals surface area contributed by atoms with Crippen LogP contribution in [0.2, 0.25) is 0 Å². The van der Waals surface area contributed by atoms with E-state index in [1.165, 1.54) is 12.8 Å². The fraction of sp³-hybridized carbons (Fsp3) is 0.440. The van der Waals surface area contributed by atoms with E-state index in [1.807, 2.05) is 29.2 Å². The van der Waals surface area contributed by atoms with Crippen LogP contribution in [0.1, 0.15) is 72.6 Å². The molecular weight excluding hydrogens is 456 g/mol. The zero-order chi connectivity index (χ0) is 22.1. The van der Waals surface area contributed by atoms with Gasteiger partial charge in [0.25, 0.3) is 11.8 Å². The van der Waals surface area contributed by atoms with E-state index in [9.17, 15) is 9.59 Å². The molecule has 2 aromatic rings. The molecule has 0 atom stereocenters. The Labute approximate surface area is 193 Å². The minimum absolute atomic E-state index is 0.0303. The van der Waals surface area contributed by atoms with E-state index in [-0.39, 0.29) is 11.8 Å². The zero-order valence-corrected chi connectivity index (χ0v) is 19.7. The number of anilines is 1. The average Bonchev–Trinajstić information content (AvgIpc) is 2.80. The Morgan fingerprint density at radius 1 is 1.00 bits per heavy atom. The molecule has 1 saturated heterocycles. The molecule has 0 aliphatic carbocycles. The van der Waals surface area contributed by atoms with Gasteiger partial charge in [-0.1, -0.05) is 54.2 Å². The van der Waals surface area contributed by atoms with Crippen LogP contribution in [0.25, 0.3) is 0 Å². The average molecular weight is 487 g/mol. The summed E-state index contributed by atoms with van der Waals surface area (Å²) in [7, 11) is 0. The molecule has 1 aliphatic heterocycles. The lowest BCUT2D eigenvalue weighted by atomic mass is 10.1. The van der Waals surface area contributed by atoms with Gasteiger partial charge in [0.05, 0.1) is 23.4 Å². The summed E-state index contributed by atoms with van der Waals surface area (Å²) in [5.74, 6) is 0.234. The first-order chi connectivity index (χ1) is 15.1. The second kappa shape index (κ2) is 11.9. The first-order valence-corrected chi connectivity index (χ1v) is 12.0. The highest BCUT2D eigenvalue weighted by molar-refractivity contribution is 9.10. The molecule has 0 unspecified atom stereocenters. The summed E-state index contributed by atoms with van der Waals surface area (Å²) in [4.78, 5) is 28.0. The Hall–Kier alpha value is -2.34. The fourth-order valence-electron chi connectivity index (χ4n) is 3.75. The first-order valence-electron chi connectivity index (χ1n) is 11.2. The van der Waals surface area contributed by atoms with Crippen molar-refractivity contribution in [1.82, 2.24) is 4.90 Å². The predicted molar refractivity (Wildman–Crippen MR) is 128 cm³/mol. The van der Waals surface area contributed by atoms with Gasteiger partial charge < -0.3 is 15.0 Å². The highest BCUT2D eigenvalue weighted by Gasteiger charge is 2.22. The minimum Gasteiger partial charge on any atom is -0.493 e. The van der Waals surface area contributed by atoms with Gasteiger partial charge in [0.1, 0.15) is 5.75 Å². The fourth-order valence-corrected chi connectivity index (χ4v) is 4.11. The number of amides is 2. The second-order valence-corrected chi connectivity index (χ2v) is 8.82. The van der Waals surface area contributed by atoms with Crippen molar-refractivity contribution in [2.45, 2.75) is 51.9 Å². The molecule has 2 amide bonds. The normalized spacial score (nSPS) is 13.7. The molecule has 6 heteroatoms. The maximum atomic E-state index is 13.1. The van der Waals surface area contributed by atoms with Crippen molar-refractivity contribution in [3.63, 3.8) is 0 Å². The molecule has 0 radical (unpaired) electrons. The molecule has 166 valence electrons. The number of likely N-dealkylation sites (tertiary alicyclic amines) is 1. The van der Waals surface area contributed by atoms with Gasteiger partial charge in [0.2, 0.25) is 0 Å². The van der Waals surface area contributed by atoms with Gasteiger partial charge in [0.15, 0.2) is 0 Å². The van der Waals surface area contributed by atoms with E-state index >= 15 is 0 Å². The van der Waals surface area contributed by atoms with Gasteiger partial charge in [-0.05, 0) is 56.0 Å². The van der Waals surface area contributed by atoms with E-state index in [2.05, 4.69) is 28.2 Å². The Morgan fingerprint density at radius 3 is 2.55 bits per heavy atom. The van der Waals surface area contributed by atoms with Crippen molar-refractivity contribution >= 4 is 33.4 Å². The number of para-hydroxylation sites is 1. The van der Waals surface area contributed by atoms with Gasteiger partial charge in [-0.3, -0.25) is 9.59 Å². The summed E-state index contributed by atoms with van der Waals surface area (Å²) in [6.07, 6.45) is 7.62. The zero-order valence-electron chi connectivity index (χ0n) is 18.2. The van der Waals surface area contributed by atoms with Crippen LogP contribution >= 0.6 is 15.9 Å². The van der Waals surface area contributed by atoms with Crippen LogP contribution in [0.15, 0.2) is 46.9 Å². The quantitative estimate of drug-likeness (QED) is 0.423. The summed E-state index contributed by atoms with van der Waals surface area (Å²) >= 11 is 3.45. The summed E-state index contributed by atoms with van der Waals surface area (Å²) in [6, 6.07) is 12.6. The lowest BCUT2D eigenvalue weighted by molar-refractivity contribution is 0.0725. The van der Waals surface area contributed by atoms with Gasteiger partial charge in [-0.25, -0.2) is 0 Å². The van der Waals surface area contributed by atoms with Gasteiger partial charge >= 0.3 is 0 Å².